The zero-order valence-corrected chi connectivity index (χ0v) is 54.2. The fourth-order valence-electron chi connectivity index (χ4n) is 3.57. The van der Waals surface area contributed by atoms with Crippen LogP contribution in [0.4, 0.5) is 149 Å². The number of alkyl halides is 9. The van der Waals surface area contributed by atoms with E-state index >= 15 is 0 Å². The summed E-state index contributed by atoms with van der Waals surface area (Å²) in [5, 5.41) is 6.95. The normalized spacial score (nSPS) is 10.9. The molecule has 2 radical (unpaired) electrons. The Labute approximate surface area is 568 Å². The van der Waals surface area contributed by atoms with E-state index in [0.717, 1.165) is 13.0 Å². The van der Waals surface area contributed by atoms with Crippen molar-refractivity contribution in [1.29, 1.82) is 0 Å². The third-order valence-corrected chi connectivity index (χ3v) is 10.8. The van der Waals surface area contributed by atoms with Crippen molar-refractivity contribution in [3.63, 3.8) is 0 Å². The second kappa shape index (κ2) is 42.8. The van der Waals surface area contributed by atoms with E-state index in [9.17, 15) is 165 Å². The Hall–Kier alpha value is -4.76. The molecule has 0 aromatic carbocycles. The molecule has 94 heavy (non-hydrogen) atoms. The molecule has 526 valence electrons. The van der Waals surface area contributed by atoms with E-state index in [0.29, 0.717) is 12.8 Å². The molecule has 59 heteroatoms. The van der Waals surface area contributed by atoms with Gasteiger partial charge in [-0.25, -0.2) is 78.4 Å². The largest absolute Gasteiger partial charge is 2.00 e. The second-order valence-electron chi connectivity index (χ2n) is 13.4. The Kier molecular flexibility index (Phi) is 46.8. The average Bonchev–Trinajstić information content (AvgIpc) is 1.01. The average molecular weight is 1610 g/mol. The van der Waals surface area contributed by atoms with Crippen molar-refractivity contribution in [3.8, 4) is 0 Å². The summed E-state index contributed by atoms with van der Waals surface area (Å²) < 4.78 is 459. The number of rotatable bonds is 9. The molecular weight excluding hydrogens is 1590 g/mol. The van der Waals surface area contributed by atoms with Crippen molar-refractivity contribution in [1.82, 2.24) is 24.9 Å². The number of nitrogens with two attached hydrogens (primary N) is 1. The molecule has 0 aliphatic carbocycles. The number of carbonyl (C=O) groups excluding carboxylic acids is 1. The topological polar surface area (TPSA) is 340 Å². The second-order valence-corrected chi connectivity index (χ2v) is 20.3. The van der Waals surface area contributed by atoms with Crippen LogP contribution >= 0.6 is 0 Å². The van der Waals surface area contributed by atoms with Crippen molar-refractivity contribution in [3.05, 3.63) is 149 Å². The molecule has 0 atom stereocenters. The van der Waals surface area contributed by atoms with Gasteiger partial charge in [-0.15, -0.1) is 0 Å². The Morgan fingerprint density at radius 3 is 0.787 bits per heavy atom. The molecule has 4 N–H and O–H groups in total. The number of nitrogens with zero attached hydrogens (tertiary/aromatic N) is 8. The number of pyridine rings is 5. The SMILES string of the molecule is CCN.CC[NH-].CS(=O)(=O)[N-]c1c(F)c(F)nc(F)c1F.Fc1nc(F)c(F)c(F)c1F.O=S(=O)(Cc1c(F)c(F)nc(F)c1F)C(F)(F)F.O=S(=O)([N-]c1c(F)c(F)nc(F)c1F)C(F)(F)F.O=S(=O)([N-]c1c(F)c(F)nc(F)c1F)C(F)(F)F.O=[C-]OO.[Mn+2].[Mn].[Na+].[Na+]. The van der Waals surface area contributed by atoms with Gasteiger partial charge in [-0.1, -0.05) is 13.8 Å². The fourth-order valence-corrected chi connectivity index (χ4v) is 5.87. The van der Waals surface area contributed by atoms with Gasteiger partial charge in [0.25, 0.3) is 33.6 Å². The molecule has 0 aliphatic rings. The maximum absolute atomic E-state index is 12.9. The molecule has 5 rings (SSSR count). The minimum absolute atomic E-state index is 0. The van der Waals surface area contributed by atoms with E-state index < -0.39 is 208 Å². The van der Waals surface area contributed by atoms with Crippen LogP contribution in [0.1, 0.15) is 19.4 Å². The minimum atomic E-state index is -6.35. The Balaban J connectivity index is -0.000000193. The first-order chi connectivity index (χ1) is 40.4. The first-order valence-electron chi connectivity index (χ1n) is 19.9. The molecule has 0 unspecified atom stereocenters. The number of hydrogen-bond acceptors (Lipinski definition) is 17. The summed E-state index contributed by atoms with van der Waals surface area (Å²) in [6.45, 7) is 5.68. The summed E-state index contributed by atoms with van der Waals surface area (Å²) in [6, 6.07) is 0. The van der Waals surface area contributed by atoms with Crippen molar-refractivity contribution in [2.24, 2.45) is 5.73 Å². The summed E-state index contributed by atoms with van der Waals surface area (Å²) in [5.41, 5.74) is -14.7. The molecule has 5 aromatic heterocycles. The van der Waals surface area contributed by atoms with Gasteiger partial charge in [-0.05, 0) is 30.1 Å². The van der Waals surface area contributed by atoms with Crippen molar-refractivity contribution in [2.75, 3.05) is 19.3 Å². The fraction of sp³-hybridized carbons (Fsp3) is 0.257. The van der Waals surface area contributed by atoms with Gasteiger partial charge >= 0.3 is 92.7 Å². The summed E-state index contributed by atoms with van der Waals surface area (Å²) in [6.07, 6.45) is 0.516. The number of sulfonamides is 3. The van der Waals surface area contributed by atoms with Gasteiger partial charge in [0, 0.05) is 28.9 Å². The van der Waals surface area contributed by atoms with Gasteiger partial charge in [0.05, 0.1) is 15.8 Å². The predicted octanol–water partition coefficient (Wildman–Crippen LogP) is 5.01. The zero-order chi connectivity index (χ0) is 72.1. The number of nitrogens with one attached hydrogen (secondary N) is 1. The number of halogens is 30. The van der Waals surface area contributed by atoms with Crippen LogP contribution in [0.25, 0.3) is 19.9 Å². The molecular formula is C35H19F30Mn2N10Na2O11S4-. The van der Waals surface area contributed by atoms with Crippen LogP contribution in [0, 0.1) is 123 Å². The van der Waals surface area contributed by atoms with Crippen LogP contribution < -0.4 is 64.8 Å². The summed E-state index contributed by atoms with van der Waals surface area (Å²) >= 11 is 0. The Morgan fingerprint density at radius 2 is 0.617 bits per heavy atom. The summed E-state index contributed by atoms with van der Waals surface area (Å²) in [7, 11) is -22.8. The maximum Gasteiger partial charge on any atom is 2.00 e. The van der Waals surface area contributed by atoms with Crippen LogP contribution in [0.15, 0.2) is 0 Å². The molecule has 0 aliphatic heterocycles. The third-order valence-electron chi connectivity index (χ3n) is 6.94. The van der Waals surface area contributed by atoms with Gasteiger partial charge in [0.1, 0.15) is 0 Å². The molecule has 0 bridgehead atoms. The minimum Gasteiger partial charge on any atom is -0.678 e. The smallest absolute Gasteiger partial charge is 0.678 e. The van der Waals surface area contributed by atoms with Crippen LogP contribution in [-0.2, 0) is 89.5 Å². The first kappa shape index (κ1) is 103. The van der Waals surface area contributed by atoms with Crippen LogP contribution in [0.3, 0.4) is 0 Å². The van der Waals surface area contributed by atoms with Crippen LogP contribution in [0.5, 0.6) is 0 Å². The number of aromatic nitrogens is 5. The molecule has 0 spiro atoms. The third kappa shape index (κ3) is 31.6. The van der Waals surface area contributed by atoms with Crippen molar-refractivity contribution in [2.45, 2.75) is 36.1 Å². The molecule has 0 fully saturated rings. The van der Waals surface area contributed by atoms with E-state index in [4.69, 9.17) is 21.5 Å². The van der Waals surface area contributed by atoms with Gasteiger partial charge < -0.3 is 35.3 Å². The molecule has 5 aromatic rings. The van der Waals surface area contributed by atoms with E-state index in [1.165, 1.54) is 0 Å². The molecule has 0 saturated carbocycles. The Bertz CT molecular complexity index is 3410. The first-order valence-corrected chi connectivity index (χ1v) is 26.3. The van der Waals surface area contributed by atoms with Gasteiger partial charge in [-0.3, -0.25) is 0 Å². The monoisotopic (exact) mass is 1610 g/mol. The summed E-state index contributed by atoms with van der Waals surface area (Å²) in [4.78, 5) is 21.7. The van der Waals surface area contributed by atoms with E-state index in [-0.39, 0.29) is 93.3 Å². The predicted molar refractivity (Wildman–Crippen MR) is 232 cm³/mol. The van der Waals surface area contributed by atoms with E-state index in [1.54, 1.807) is 16.4 Å². The number of sulfone groups is 1. The van der Waals surface area contributed by atoms with Gasteiger partial charge in [0.15, 0.2) is 66.6 Å². The number of hydrogen-bond donors (Lipinski definition) is 2. The van der Waals surface area contributed by atoms with Gasteiger partial charge in [0.2, 0.25) is 53.1 Å². The van der Waals surface area contributed by atoms with Crippen molar-refractivity contribution >= 4 is 63.4 Å². The Morgan fingerprint density at radius 1 is 0.436 bits per heavy atom. The van der Waals surface area contributed by atoms with Crippen molar-refractivity contribution < 1.29 is 274 Å². The standard InChI is InChI=1S/C7H2F7NO2S.2C6F7N2O2S.C6H3F4N2O2S.C5F5N.C2H7N.C2H6N.CHO3.2Mn.2Na/c8-3-2(1-18(16,17)7(12,13)14)4(9)6(11)15-5(3)10;2*7-1-3(2(8)5(10)14-4(1)9)15-18(16,17)6(11,12)13;1-15(13,14)12-4-2(7)5(9)11-6(10)3(4)8;6-1-2(7)4(9)11-5(10)3(1)8;2*1-2-3;2-1-4-3;;;;/h1H2;;;1H3;;2-3H2,1H3;3H,2H2,1H3;3H;;;;/q;3*-1;;;2*-1;;+2;2*+1. The maximum atomic E-state index is 12.9. The van der Waals surface area contributed by atoms with E-state index in [2.05, 4.69) is 24.6 Å². The summed E-state index contributed by atoms with van der Waals surface area (Å²) in [5.74, 6) is -48.7. The molecule has 0 amide bonds. The molecule has 0 saturated heterocycles. The molecule has 21 nitrogen and oxygen atoms in total. The van der Waals surface area contributed by atoms with Gasteiger partial charge in [-0.2, -0.15) is 124 Å². The zero-order valence-electron chi connectivity index (χ0n) is 44.5. The van der Waals surface area contributed by atoms with Crippen LogP contribution in [0.2, 0.25) is 0 Å². The van der Waals surface area contributed by atoms with Crippen LogP contribution in [-0.4, -0.2) is 106 Å². The molecule has 5 heterocycles. The van der Waals surface area contributed by atoms with E-state index in [1.807, 2.05) is 16.9 Å². The quantitative estimate of drug-likeness (QED) is 0.0489.